The topological polar surface area (TPSA) is 0 Å². The van der Waals surface area contributed by atoms with Crippen molar-refractivity contribution in [2.24, 2.45) is 5.92 Å². The van der Waals surface area contributed by atoms with Gasteiger partial charge in [-0.25, -0.2) is 0 Å². The Labute approximate surface area is 91.3 Å². The Bertz CT molecular complexity index is 281. The molecule has 0 nitrogen and oxygen atoms in total. The maximum absolute atomic E-state index is 6.29. The van der Waals surface area contributed by atoms with Gasteiger partial charge in [0.05, 0.1) is 0 Å². The quantitative estimate of drug-likeness (QED) is 0.651. The second-order valence-electron chi connectivity index (χ2n) is 4.19. The smallest absolute Gasteiger partial charge is 0.0442 e. The summed E-state index contributed by atoms with van der Waals surface area (Å²) in [6.07, 6.45) is 3.89. The van der Waals surface area contributed by atoms with Crippen LogP contribution in [0.4, 0.5) is 0 Å². The second-order valence-corrected chi connectivity index (χ2v) is 4.69. The third-order valence-corrected chi connectivity index (χ3v) is 3.74. The van der Waals surface area contributed by atoms with E-state index in [1.165, 1.54) is 24.8 Å². The molecule has 0 N–H and O–H groups in total. The number of unbranched alkanes of at least 4 members (excludes halogenated alkanes) is 1. The van der Waals surface area contributed by atoms with Gasteiger partial charge in [-0.05, 0) is 17.9 Å². The molecule has 1 fully saturated rings. The predicted molar refractivity (Wildman–Crippen MR) is 61.8 cm³/mol. The van der Waals surface area contributed by atoms with Crippen LogP contribution in [0, 0.1) is 5.92 Å². The molecular weight excluding hydrogens is 192 g/mol. The van der Waals surface area contributed by atoms with Gasteiger partial charge in [-0.2, -0.15) is 0 Å². The molecule has 1 aromatic carbocycles. The molecule has 1 aromatic rings. The highest BCUT2D eigenvalue weighted by molar-refractivity contribution is 6.23. The molecule has 14 heavy (non-hydrogen) atoms. The van der Waals surface area contributed by atoms with E-state index in [4.69, 9.17) is 11.6 Å². The summed E-state index contributed by atoms with van der Waals surface area (Å²) in [7, 11) is 0. The maximum atomic E-state index is 6.29. The van der Waals surface area contributed by atoms with E-state index in [0.717, 1.165) is 5.92 Å². The van der Waals surface area contributed by atoms with E-state index in [0.29, 0.717) is 11.3 Å². The number of hydrogen-bond donors (Lipinski definition) is 0. The van der Waals surface area contributed by atoms with Gasteiger partial charge in [0.2, 0.25) is 0 Å². The van der Waals surface area contributed by atoms with E-state index in [2.05, 4.69) is 37.3 Å². The molecule has 3 atom stereocenters. The minimum Gasteiger partial charge on any atom is -0.122 e. The summed E-state index contributed by atoms with van der Waals surface area (Å²) >= 11 is 6.29. The third kappa shape index (κ3) is 1.95. The van der Waals surface area contributed by atoms with Crippen LogP contribution in [0.5, 0.6) is 0 Å². The number of rotatable bonds is 4. The molecule has 0 bridgehead atoms. The maximum Gasteiger partial charge on any atom is 0.0442 e. The molecule has 0 saturated heterocycles. The average molecular weight is 209 g/mol. The first-order chi connectivity index (χ1) is 6.84. The minimum atomic E-state index is 0.393. The Morgan fingerprint density at radius 2 is 1.93 bits per heavy atom. The summed E-state index contributed by atoms with van der Waals surface area (Å²) in [5.41, 5.74) is 1.42. The summed E-state index contributed by atoms with van der Waals surface area (Å²) < 4.78 is 0. The van der Waals surface area contributed by atoms with E-state index in [1.807, 2.05) is 0 Å². The van der Waals surface area contributed by atoms with E-state index < -0.39 is 0 Å². The normalized spacial score (nSPS) is 30.3. The SMILES string of the molecule is CCCCC1C(Cl)C1c1ccccc1. The van der Waals surface area contributed by atoms with Crippen molar-refractivity contribution in [1.82, 2.24) is 0 Å². The molecule has 3 unspecified atom stereocenters. The van der Waals surface area contributed by atoms with Crippen molar-refractivity contribution in [3.8, 4) is 0 Å². The molecule has 76 valence electrons. The largest absolute Gasteiger partial charge is 0.122 e. The zero-order valence-electron chi connectivity index (χ0n) is 8.62. The van der Waals surface area contributed by atoms with Gasteiger partial charge in [0.15, 0.2) is 0 Å². The fourth-order valence-electron chi connectivity index (χ4n) is 2.22. The van der Waals surface area contributed by atoms with Gasteiger partial charge >= 0.3 is 0 Å². The lowest BCUT2D eigenvalue weighted by Gasteiger charge is -1.98. The fourth-order valence-corrected chi connectivity index (χ4v) is 2.75. The van der Waals surface area contributed by atoms with Gasteiger partial charge in [-0.3, -0.25) is 0 Å². The molecule has 0 spiro atoms. The van der Waals surface area contributed by atoms with Crippen LogP contribution in [0.3, 0.4) is 0 Å². The van der Waals surface area contributed by atoms with Gasteiger partial charge in [-0.15, -0.1) is 11.6 Å². The monoisotopic (exact) mass is 208 g/mol. The first kappa shape index (κ1) is 10.0. The van der Waals surface area contributed by atoms with Crippen LogP contribution in [-0.2, 0) is 0 Å². The van der Waals surface area contributed by atoms with Gasteiger partial charge in [0.25, 0.3) is 0 Å². The Kier molecular flexibility index (Phi) is 3.12. The van der Waals surface area contributed by atoms with Gasteiger partial charge < -0.3 is 0 Å². The molecule has 1 aliphatic carbocycles. The highest BCUT2D eigenvalue weighted by Gasteiger charge is 2.48. The fraction of sp³-hybridized carbons (Fsp3) is 0.538. The van der Waals surface area contributed by atoms with Crippen molar-refractivity contribution in [2.75, 3.05) is 0 Å². The lowest BCUT2D eigenvalue weighted by Crippen LogP contribution is -1.83. The van der Waals surface area contributed by atoms with E-state index >= 15 is 0 Å². The van der Waals surface area contributed by atoms with Crippen molar-refractivity contribution < 1.29 is 0 Å². The highest BCUT2D eigenvalue weighted by atomic mass is 35.5. The Morgan fingerprint density at radius 1 is 1.21 bits per heavy atom. The Balaban J connectivity index is 1.95. The average Bonchev–Trinajstić information content (AvgIpc) is 2.87. The Hall–Kier alpha value is -0.490. The van der Waals surface area contributed by atoms with Crippen molar-refractivity contribution in [2.45, 2.75) is 37.5 Å². The summed E-state index contributed by atoms with van der Waals surface area (Å²) in [5.74, 6) is 1.36. The third-order valence-electron chi connectivity index (χ3n) is 3.15. The summed E-state index contributed by atoms with van der Waals surface area (Å²) in [6.45, 7) is 2.24. The van der Waals surface area contributed by atoms with Crippen LogP contribution in [-0.4, -0.2) is 5.38 Å². The van der Waals surface area contributed by atoms with E-state index in [-0.39, 0.29) is 0 Å². The van der Waals surface area contributed by atoms with E-state index in [9.17, 15) is 0 Å². The van der Waals surface area contributed by atoms with Crippen LogP contribution < -0.4 is 0 Å². The van der Waals surface area contributed by atoms with Crippen LogP contribution >= 0.6 is 11.6 Å². The summed E-state index contributed by atoms with van der Waals surface area (Å²) in [5, 5.41) is 0.393. The minimum absolute atomic E-state index is 0.393. The summed E-state index contributed by atoms with van der Waals surface area (Å²) in [6, 6.07) is 10.7. The van der Waals surface area contributed by atoms with Crippen molar-refractivity contribution in [3.63, 3.8) is 0 Å². The summed E-state index contributed by atoms with van der Waals surface area (Å²) in [4.78, 5) is 0. The van der Waals surface area contributed by atoms with Crippen molar-refractivity contribution >= 4 is 11.6 Å². The number of benzene rings is 1. The molecule has 0 radical (unpaired) electrons. The van der Waals surface area contributed by atoms with Crippen LogP contribution in [0.2, 0.25) is 0 Å². The lowest BCUT2D eigenvalue weighted by atomic mass is 10.1. The zero-order valence-corrected chi connectivity index (χ0v) is 9.37. The predicted octanol–water partition coefficient (Wildman–Crippen LogP) is 4.20. The molecule has 1 aliphatic rings. The van der Waals surface area contributed by atoms with Crippen molar-refractivity contribution in [1.29, 1.82) is 0 Å². The number of alkyl halides is 1. The van der Waals surface area contributed by atoms with Gasteiger partial charge in [0, 0.05) is 11.3 Å². The van der Waals surface area contributed by atoms with Crippen molar-refractivity contribution in [3.05, 3.63) is 35.9 Å². The molecule has 0 heterocycles. The Morgan fingerprint density at radius 3 is 2.57 bits per heavy atom. The van der Waals surface area contributed by atoms with Crippen LogP contribution in [0.25, 0.3) is 0 Å². The molecule has 0 aliphatic heterocycles. The van der Waals surface area contributed by atoms with Crippen LogP contribution in [0.1, 0.15) is 37.7 Å². The molecule has 1 saturated carbocycles. The standard InChI is InChI=1S/C13H17Cl/c1-2-3-9-11-12(13(11)14)10-7-5-4-6-8-10/h4-8,11-13H,2-3,9H2,1H3. The molecule has 0 aromatic heterocycles. The first-order valence-corrected chi connectivity index (χ1v) is 5.97. The molecular formula is C13H17Cl. The lowest BCUT2D eigenvalue weighted by molar-refractivity contribution is 0.640. The molecule has 0 amide bonds. The van der Waals surface area contributed by atoms with Gasteiger partial charge in [-0.1, -0.05) is 50.1 Å². The highest BCUT2D eigenvalue weighted by Crippen LogP contribution is 2.54. The number of hydrogen-bond acceptors (Lipinski definition) is 0. The first-order valence-electron chi connectivity index (χ1n) is 5.53. The zero-order chi connectivity index (χ0) is 9.97. The van der Waals surface area contributed by atoms with E-state index in [1.54, 1.807) is 0 Å². The molecule has 1 heteroatoms. The molecule has 2 rings (SSSR count). The number of halogens is 1. The van der Waals surface area contributed by atoms with Crippen LogP contribution in [0.15, 0.2) is 30.3 Å². The van der Waals surface area contributed by atoms with Gasteiger partial charge in [0.1, 0.15) is 0 Å². The second kappa shape index (κ2) is 4.35.